The summed E-state index contributed by atoms with van der Waals surface area (Å²) in [7, 11) is 0. The van der Waals surface area contributed by atoms with Gasteiger partial charge in [0.15, 0.2) is 5.96 Å². The Bertz CT molecular complexity index is 263. The Labute approximate surface area is 119 Å². The number of aliphatic imine (C=N–C) groups is 1. The van der Waals surface area contributed by atoms with Gasteiger partial charge < -0.3 is 20.9 Å². The van der Waals surface area contributed by atoms with Gasteiger partial charge in [-0.2, -0.15) is 0 Å². The SMILES string of the molecule is I.NC(=NCCC1(O)CCOCC1)NC1CC1. The molecule has 0 aromatic carbocycles. The fourth-order valence-corrected chi connectivity index (χ4v) is 1.87. The van der Waals surface area contributed by atoms with Crippen LogP contribution in [-0.2, 0) is 4.74 Å². The molecular formula is C11H22IN3O2. The Balaban J connectivity index is 0.00000144. The molecule has 4 N–H and O–H groups in total. The lowest BCUT2D eigenvalue weighted by Crippen LogP contribution is -2.37. The first-order chi connectivity index (χ1) is 7.68. The van der Waals surface area contributed by atoms with Gasteiger partial charge in [0.25, 0.3) is 0 Å². The van der Waals surface area contributed by atoms with E-state index < -0.39 is 5.60 Å². The number of hydrogen-bond acceptors (Lipinski definition) is 3. The van der Waals surface area contributed by atoms with E-state index in [1.54, 1.807) is 0 Å². The van der Waals surface area contributed by atoms with Gasteiger partial charge in [-0.3, -0.25) is 4.99 Å². The molecule has 0 unspecified atom stereocenters. The molecule has 17 heavy (non-hydrogen) atoms. The first-order valence-electron chi connectivity index (χ1n) is 6.05. The molecule has 100 valence electrons. The van der Waals surface area contributed by atoms with Crippen LogP contribution >= 0.6 is 24.0 Å². The zero-order valence-electron chi connectivity index (χ0n) is 10.0. The number of guanidine groups is 1. The molecule has 0 aromatic heterocycles. The second-order valence-corrected chi connectivity index (χ2v) is 4.77. The Kier molecular flexibility index (Phi) is 5.94. The lowest BCUT2D eigenvalue weighted by molar-refractivity contribution is -0.0662. The second-order valence-electron chi connectivity index (χ2n) is 4.77. The van der Waals surface area contributed by atoms with Crippen molar-refractivity contribution in [3.63, 3.8) is 0 Å². The molecule has 1 saturated carbocycles. The highest BCUT2D eigenvalue weighted by molar-refractivity contribution is 14.0. The molecule has 1 heterocycles. The van der Waals surface area contributed by atoms with Crippen LogP contribution in [0.15, 0.2) is 4.99 Å². The zero-order valence-corrected chi connectivity index (χ0v) is 12.4. The molecule has 2 rings (SSSR count). The van der Waals surface area contributed by atoms with Crippen molar-refractivity contribution >= 4 is 29.9 Å². The highest BCUT2D eigenvalue weighted by Gasteiger charge is 2.29. The van der Waals surface area contributed by atoms with Crippen LogP contribution in [0.25, 0.3) is 0 Å². The topological polar surface area (TPSA) is 79.9 Å². The Morgan fingerprint density at radius 2 is 2.06 bits per heavy atom. The van der Waals surface area contributed by atoms with E-state index >= 15 is 0 Å². The van der Waals surface area contributed by atoms with Crippen LogP contribution in [0.3, 0.4) is 0 Å². The smallest absolute Gasteiger partial charge is 0.188 e. The van der Waals surface area contributed by atoms with Crippen molar-refractivity contribution in [1.82, 2.24) is 5.32 Å². The van der Waals surface area contributed by atoms with E-state index in [2.05, 4.69) is 10.3 Å². The molecular weight excluding hydrogens is 333 g/mol. The van der Waals surface area contributed by atoms with Crippen LogP contribution in [0.1, 0.15) is 32.1 Å². The first kappa shape index (κ1) is 15.0. The van der Waals surface area contributed by atoms with Crippen LogP contribution in [-0.4, -0.2) is 42.5 Å². The standard InChI is InChI=1S/C11H21N3O2.HI/c12-10(14-9-1-2-9)13-6-3-11(15)4-7-16-8-5-11;/h9,15H,1-8H2,(H3,12,13,14);1H. The van der Waals surface area contributed by atoms with Crippen molar-refractivity contribution in [1.29, 1.82) is 0 Å². The van der Waals surface area contributed by atoms with Crippen molar-refractivity contribution in [3.05, 3.63) is 0 Å². The summed E-state index contributed by atoms with van der Waals surface area (Å²) in [6.07, 6.45) is 4.47. The molecule has 0 spiro atoms. The van der Waals surface area contributed by atoms with Crippen molar-refractivity contribution < 1.29 is 9.84 Å². The molecule has 5 nitrogen and oxygen atoms in total. The number of halogens is 1. The van der Waals surface area contributed by atoms with Gasteiger partial charge in [0.05, 0.1) is 5.60 Å². The van der Waals surface area contributed by atoms with E-state index in [9.17, 15) is 5.11 Å². The van der Waals surface area contributed by atoms with Crippen LogP contribution in [0.2, 0.25) is 0 Å². The molecule has 1 saturated heterocycles. The minimum atomic E-state index is -0.596. The van der Waals surface area contributed by atoms with Gasteiger partial charge in [0.1, 0.15) is 0 Å². The summed E-state index contributed by atoms with van der Waals surface area (Å²) in [4.78, 5) is 4.23. The fraction of sp³-hybridized carbons (Fsp3) is 0.909. The minimum Gasteiger partial charge on any atom is -0.390 e. The van der Waals surface area contributed by atoms with Crippen molar-refractivity contribution in [3.8, 4) is 0 Å². The molecule has 2 aliphatic rings. The predicted molar refractivity (Wildman–Crippen MR) is 77.7 cm³/mol. The van der Waals surface area contributed by atoms with E-state index in [-0.39, 0.29) is 24.0 Å². The minimum absolute atomic E-state index is 0. The molecule has 0 amide bonds. The summed E-state index contributed by atoms with van der Waals surface area (Å²) in [5.74, 6) is 0.512. The first-order valence-corrected chi connectivity index (χ1v) is 6.05. The molecule has 0 radical (unpaired) electrons. The normalized spacial score (nSPS) is 23.9. The molecule has 1 aliphatic heterocycles. The molecule has 6 heteroatoms. The third-order valence-electron chi connectivity index (χ3n) is 3.21. The van der Waals surface area contributed by atoms with E-state index in [1.165, 1.54) is 12.8 Å². The van der Waals surface area contributed by atoms with E-state index in [0.29, 0.717) is 51.0 Å². The Hall–Kier alpha value is -0.0800. The zero-order chi connectivity index (χ0) is 11.4. The average molecular weight is 355 g/mol. The lowest BCUT2D eigenvalue weighted by atomic mass is 9.91. The number of aliphatic hydroxyl groups is 1. The summed E-state index contributed by atoms with van der Waals surface area (Å²) >= 11 is 0. The molecule has 0 aromatic rings. The van der Waals surface area contributed by atoms with Crippen LogP contribution in [0.4, 0.5) is 0 Å². The van der Waals surface area contributed by atoms with Crippen molar-refractivity contribution in [2.45, 2.75) is 43.7 Å². The van der Waals surface area contributed by atoms with Gasteiger partial charge in [0, 0.05) is 25.8 Å². The number of nitrogens with two attached hydrogens (primary N) is 1. The van der Waals surface area contributed by atoms with Gasteiger partial charge in [-0.15, -0.1) is 24.0 Å². The number of nitrogens with zero attached hydrogens (tertiary/aromatic N) is 1. The summed E-state index contributed by atoms with van der Waals surface area (Å²) in [6.45, 7) is 1.88. The van der Waals surface area contributed by atoms with E-state index in [0.717, 1.165) is 0 Å². The highest BCUT2D eigenvalue weighted by Crippen LogP contribution is 2.24. The molecule has 2 fully saturated rings. The summed E-state index contributed by atoms with van der Waals surface area (Å²) in [5, 5.41) is 13.3. The highest BCUT2D eigenvalue weighted by atomic mass is 127. The van der Waals surface area contributed by atoms with Gasteiger partial charge in [0.2, 0.25) is 0 Å². The second kappa shape index (κ2) is 6.75. The quantitative estimate of drug-likeness (QED) is 0.392. The summed E-state index contributed by atoms with van der Waals surface area (Å²) in [5.41, 5.74) is 5.11. The molecule has 0 atom stereocenters. The monoisotopic (exact) mass is 355 g/mol. The van der Waals surface area contributed by atoms with Crippen molar-refractivity contribution in [2.75, 3.05) is 19.8 Å². The molecule has 1 aliphatic carbocycles. The lowest BCUT2D eigenvalue weighted by Gasteiger charge is -2.31. The third kappa shape index (κ3) is 5.39. The number of hydrogen-bond donors (Lipinski definition) is 3. The fourth-order valence-electron chi connectivity index (χ4n) is 1.87. The van der Waals surface area contributed by atoms with E-state index in [1.807, 2.05) is 0 Å². The average Bonchev–Trinajstić information content (AvgIpc) is 3.02. The maximum atomic E-state index is 10.2. The maximum Gasteiger partial charge on any atom is 0.188 e. The van der Waals surface area contributed by atoms with Gasteiger partial charge in [-0.05, 0) is 32.1 Å². The van der Waals surface area contributed by atoms with Crippen LogP contribution in [0.5, 0.6) is 0 Å². The Morgan fingerprint density at radius 1 is 1.41 bits per heavy atom. The largest absolute Gasteiger partial charge is 0.390 e. The summed E-state index contributed by atoms with van der Waals surface area (Å²) in [6, 6.07) is 0.537. The number of ether oxygens (including phenoxy) is 1. The van der Waals surface area contributed by atoms with Crippen LogP contribution in [0, 0.1) is 0 Å². The predicted octanol–water partition coefficient (Wildman–Crippen LogP) is 0.603. The van der Waals surface area contributed by atoms with Gasteiger partial charge in [-0.1, -0.05) is 0 Å². The maximum absolute atomic E-state index is 10.2. The summed E-state index contributed by atoms with van der Waals surface area (Å²) < 4.78 is 5.22. The van der Waals surface area contributed by atoms with Gasteiger partial charge in [-0.25, -0.2) is 0 Å². The van der Waals surface area contributed by atoms with E-state index in [4.69, 9.17) is 10.5 Å². The number of nitrogens with one attached hydrogen (secondary N) is 1. The third-order valence-corrected chi connectivity index (χ3v) is 3.21. The number of rotatable bonds is 4. The van der Waals surface area contributed by atoms with Crippen molar-refractivity contribution in [2.24, 2.45) is 10.7 Å². The van der Waals surface area contributed by atoms with Crippen LogP contribution < -0.4 is 11.1 Å². The van der Waals surface area contributed by atoms with Gasteiger partial charge >= 0.3 is 0 Å². The molecule has 0 bridgehead atoms. The Morgan fingerprint density at radius 3 is 2.65 bits per heavy atom.